The zero-order chi connectivity index (χ0) is 14.6. The summed E-state index contributed by atoms with van der Waals surface area (Å²) >= 11 is 5.97. The molecule has 0 saturated heterocycles. The number of hydrogen-bond donors (Lipinski definition) is 1. The van der Waals surface area contributed by atoms with E-state index in [0.29, 0.717) is 17.1 Å². The maximum Gasteiger partial charge on any atom is 0.252 e. The molecule has 1 aromatic heterocycles. The van der Waals surface area contributed by atoms with E-state index in [1.807, 2.05) is 27.7 Å². The van der Waals surface area contributed by atoms with Crippen LogP contribution in [0.3, 0.4) is 0 Å². The predicted octanol–water partition coefficient (Wildman–Crippen LogP) is 3.17. The fourth-order valence-corrected chi connectivity index (χ4v) is 1.72. The largest absolute Gasteiger partial charge is 0.338 e. The molecular formula is C15H19ClN2O. The second-order valence-electron chi connectivity index (χ2n) is 5.41. The third kappa shape index (κ3) is 4.25. The molecule has 0 radical (unpaired) electrons. The van der Waals surface area contributed by atoms with E-state index in [4.69, 9.17) is 18.0 Å². The number of rotatable bonds is 3. The van der Waals surface area contributed by atoms with Crippen LogP contribution in [0.2, 0.25) is 5.15 Å². The van der Waals surface area contributed by atoms with Crippen molar-refractivity contribution < 1.29 is 4.79 Å². The molecular weight excluding hydrogens is 260 g/mol. The first kappa shape index (κ1) is 15.5. The van der Waals surface area contributed by atoms with Gasteiger partial charge in [0, 0.05) is 16.7 Å². The Bertz CT molecular complexity index is 512. The van der Waals surface area contributed by atoms with E-state index < -0.39 is 0 Å². The van der Waals surface area contributed by atoms with Crippen LogP contribution in [0, 0.1) is 12.3 Å². The van der Waals surface area contributed by atoms with Gasteiger partial charge in [-0.2, -0.15) is 0 Å². The summed E-state index contributed by atoms with van der Waals surface area (Å²) < 4.78 is 0. The van der Waals surface area contributed by atoms with Gasteiger partial charge in [0.2, 0.25) is 0 Å². The molecule has 102 valence electrons. The van der Waals surface area contributed by atoms with E-state index in [0.717, 1.165) is 5.69 Å². The van der Waals surface area contributed by atoms with Crippen molar-refractivity contribution in [2.45, 2.75) is 45.6 Å². The lowest BCUT2D eigenvalue weighted by Crippen LogP contribution is -2.33. The minimum Gasteiger partial charge on any atom is -0.338 e. The van der Waals surface area contributed by atoms with Crippen molar-refractivity contribution in [3.05, 3.63) is 28.5 Å². The summed E-state index contributed by atoms with van der Waals surface area (Å²) in [6.07, 6.45) is 6.02. The quantitative estimate of drug-likeness (QED) is 0.682. The number of pyridine rings is 1. The summed E-state index contributed by atoms with van der Waals surface area (Å²) in [6.45, 7) is 7.97. The Labute approximate surface area is 119 Å². The highest BCUT2D eigenvalue weighted by Gasteiger charge is 2.19. The fourth-order valence-electron chi connectivity index (χ4n) is 1.52. The third-order valence-electron chi connectivity index (χ3n) is 2.74. The Kier molecular flexibility index (Phi) is 4.97. The van der Waals surface area contributed by atoms with E-state index in [1.165, 1.54) is 0 Å². The fraction of sp³-hybridized carbons (Fsp3) is 0.467. The van der Waals surface area contributed by atoms with Gasteiger partial charge < -0.3 is 5.32 Å². The van der Waals surface area contributed by atoms with E-state index in [1.54, 1.807) is 12.1 Å². The molecule has 0 spiro atoms. The second kappa shape index (κ2) is 6.08. The van der Waals surface area contributed by atoms with Crippen LogP contribution >= 0.6 is 11.6 Å². The van der Waals surface area contributed by atoms with Crippen molar-refractivity contribution in [2.24, 2.45) is 0 Å². The monoisotopic (exact) mass is 278 g/mol. The van der Waals surface area contributed by atoms with Crippen LogP contribution < -0.4 is 5.32 Å². The molecule has 1 unspecified atom stereocenters. The van der Waals surface area contributed by atoms with Crippen LogP contribution in [0.25, 0.3) is 0 Å². The number of nitrogens with zero attached hydrogens (tertiary/aromatic N) is 1. The van der Waals surface area contributed by atoms with Crippen LogP contribution in [-0.2, 0) is 5.41 Å². The van der Waals surface area contributed by atoms with Crippen LogP contribution in [0.4, 0.5) is 0 Å². The molecule has 0 aliphatic heterocycles. The summed E-state index contributed by atoms with van der Waals surface area (Å²) in [4.78, 5) is 16.4. The number of amides is 1. The number of carbonyl (C=O) groups is 1. The second-order valence-corrected chi connectivity index (χ2v) is 5.80. The van der Waals surface area contributed by atoms with Crippen LogP contribution in [-0.4, -0.2) is 16.9 Å². The molecule has 0 saturated carbocycles. The van der Waals surface area contributed by atoms with Gasteiger partial charge in [0.05, 0.1) is 6.04 Å². The van der Waals surface area contributed by atoms with Crippen molar-refractivity contribution in [3.63, 3.8) is 0 Å². The first-order chi connectivity index (χ1) is 8.77. The molecule has 1 amide bonds. The summed E-state index contributed by atoms with van der Waals surface area (Å²) in [7, 11) is 0. The lowest BCUT2D eigenvalue weighted by molar-refractivity contribution is 0.0944. The maximum absolute atomic E-state index is 12.1. The number of halogens is 1. The molecule has 0 aliphatic carbocycles. The maximum atomic E-state index is 12.1. The summed E-state index contributed by atoms with van der Waals surface area (Å²) in [5, 5.41) is 3.09. The first-order valence-electron chi connectivity index (χ1n) is 6.23. The lowest BCUT2D eigenvalue weighted by Gasteiger charge is -2.19. The van der Waals surface area contributed by atoms with Crippen molar-refractivity contribution in [3.8, 4) is 12.3 Å². The Hall–Kier alpha value is -1.53. The average molecular weight is 279 g/mol. The van der Waals surface area contributed by atoms with Crippen LogP contribution in [0.1, 0.15) is 50.2 Å². The highest BCUT2D eigenvalue weighted by Crippen LogP contribution is 2.23. The Morgan fingerprint density at radius 1 is 1.53 bits per heavy atom. The molecule has 1 aromatic rings. The SMILES string of the molecule is C#CC(CC)NC(=O)c1cc(Cl)nc(C(C)(C)C)c1. The van der Waals surface area contributed by atoms with Crippen molar-refractivity contribution in [1.29, 1.82) is 0 Å². The Morgan fingerprint density at radius 2 is 2.16 bits per heavy atom. The molecule has 1 atom stereocenters. The van der Waals surface area contributed by atoms with E-state index >= 15 is 0 Å². The lowest BCUT2D eigenvalue weighted by atomic mass is 9.91. The smallest absolute Gasteiger partial charge is 0.252 e. The van der Waals surface area contributed by atoms with Gasteiger partial charge in [-0.3, -0.25) is 4.79 Å². The number of carbonyl (C=O) groups excluding carboxylic acids is 1. The minimum atomic E-state index is -0.266. The molecule has 1 heterocycles. The summed E-state index contributed by atoms with van der Waals surface area (Å²) in [5.41, 5.74) is 1.09. The van der Waals surface area contributed by atoms with Gasteiger partial charge in [-0.05, 0) is 18.6 Å². The molecule has 1 rings (SSSR count). The van der Waals surface area contributed by atoms with Crippen LogP contribution in [0.15, 0.2) is 12.1 Å². The van der Waals surface area contributed by atoms with Gasteiger partial charge in [0.1, 0.15) is 5.15 Å². The number of terminal acetylenes is 1. The van der Waals surface area contributed by atoms with Gasteiger partial charge in [-0.15, -0.1) is 6.42 Å². The van der Waals surface area contributed by atoms with Crippen LogP contribution in [0.5, 0.6) is 0 Å². The minimum absolute atomic E-state index is 0.170. The van der Waals surface area contributed by atoms with Crippen molar-refractivity contribution in [1.82, 2.24) is 10.3 Å². The highest BCUT2D eigenvalue weighted by molar-refractivity contribution is 6.29. The number of hydrogen-bond acceptors (Lipinski definition) is 2. The molecule has 1 N–H and O–H groups in total. The van der Waals surface area contributed by atoms with Gasteiger partial charge >= 0.3 is 0 Å². The van der Waals surface area contributed by atoms with Crippen molar-refractivity contribution in [2.75, 3.05) is 0 Å². The van der Waals surface area contributed by atoms with E-state index in [9.17, 15) is 4.79 Å². The van der Waals surface area contributed by atoms with Gasteiger partial charge in [0.25, 0.3) is 5.91 Å². The Morgan fingerprint density at radius 3 is 2.63 bits per heavy atom. The summed E-state index contributed by atoms with van der Waals surface area (Å²) in [5.74, 6) is 2.31. The summed E-state index contributed by atoms with van der Waals surface area (Å²) in [6, 6.07) is 3.04. The van der Waals surface area contributed by atoms with Crippen molar-refractivity contribution >= 4 is 17.5 Å². The Balaban J connectivity index is 3.05. The zero-order valence-corrected chi connectivity index (χ0v) is 12.5. The molecule has 0 aromatic carbocycles. The van der Waals surface area contributed by atoms with Gasteiger partial charge in [0.15, 0.2) is 0 Å². The molecule has 3 nitrogen and oxygen atoms in total. The van der Waals surface area contributed by atoms with Gasteiger partial charge in [-0.25, -0.2) is 4.98 Å². The molecule has 0 fully saturated rings. The number of nitrogens with one attached hydrogen (secondary N) is 1. The number of aromatic nitrogens is 1. The standard InChI is InChI=1S/C15H19ClN2O/c1-6-11(7-2)17-14(19)10-8-12(15(3,4)5)18-13(16)9-10/h1,8-9,11H,7H2,2-5H3,(H,17,19). The molecule has 0 aliphatic rings. The predicted molar refractivity (Wildman–Crippen MR) is 78.3 cm³/mol. The zero-order valence-electron chi connectivity index (χ0n) is 11.7. The van der Waals surface area contributed by atoms with E-state index in [-0.39, 0.29) is 17.4 Å². The normalized spacial score (nSPS) is 12.6. The molecule has 0 bridgehead atoms. The van der Waals surface area contributed by atoms with E-state index in [2.05, 4.69) is 16.2 Å². The topological polar surface area (TPSA) is 42.0 Å². The third-order valence-corrected chi connectivity index (χ3v) is 2.93. The first-order valence-corrected chi connectivity index (χ1v) is 6.60. The average Bonchev–Trinajstić information content (AvgIpc) is 2.33. The molecule has 19 heavy (non-hydrogen) atoms. The highest BCUT2D eigenvalue weighted by atomic mass is 35.5. The molecule has 4 heteroatoms. The van der Waals surface area contributed by atoms with Gasteiger partial charge in [-0.1, -0.05) is 45.2 Å².